The molecule has 0 saturated carbocycles. The zero-order chi connectivity index (χ0) is 10.4. The molecule has 1 amide bonds. The predicted molar refractivity (Wildman–Crippen MR) is 47.9 cm³/mol. The van der Waals surface area contributed by atoms with Crippen LogP contribution in [-0.2, 0) is 14.4 Å². The van der Waals surface area contributed by atoms with Crippen LogP contribution in [0.25, 0.3) is 0 Å². The van der Waals surface area contributed by atoms with Crippen molar-refractivity contribution in [1.29, 1.82) is 0 Å². The van der Waals surface area contributed by atoms with Gasteiger partial charge in [-0.05, 0) is 6.42 Å². The van der Waals surface area contributed by atoms with E-state index in [-0.39, 0.29) is 30.2 Å². The van der Waals surface area contributed by atoms with Crippen LogP contribution in [0.2, 0.25) is 0 Å². The molecule has 0 aliphatic heterocycles. The minimum absolute atomic E-state index is 0. The van der Waals surface area contributed by atoms with Crippen molar-refractivity contribution < 1.29 is 24.6 Å². The maximum atomic E-state index is 10.5. The third-order valence-corrected chi connectivity index (χ3v) is 1.32. The zero-order valence-electron chi connectivity index (χ0n) is 7.69. The van der Waals surface area contributed by atoms with E-state index >= 15 is 0 Å². The summed E-state index contributed by atoms with van der Waals surface area (Å²) in [6, 6.07) is -1.12. The number of carboxylic acids is 2. The van der Waals surface area contributed by atoms with Crippen molar-refractivity contribution in [3.05, 3.63) is 0 Å². The molecule has 1 atom stereocenters. The lowest BCUT2D eigenvalue weighted by molar-refractivity contribution is -0.142. The Kier molecular flexibility index (Phi) is 8.10. The van der Waals surface area contributed by atoms with Crippen LogP contribution in [0.5, 0.6) is 0 Å². The molecular weight excluding hydrogens is 205 g/mol. The molecule has 0 aliphatic carbocycles. The van der Waals surface area contributed by atoms with E-state index in [4.69, 9.17) is 10.2 Å². The van der Waals surface area contributed by atoms with Crippen LogP contribution < -0.4 is 5.32 Å². The Labute approximate surface area is 91.4 Å². The second-order valence-corrected chi connectivity index (χ2v) is 2.52. The molecule has 0 bridgehead atoms. The Bertz CT molecular complexity index is 230. The molecule has 14 heavy (non-hydrogen) atoms. The number of carbonyl (C=O) groups excluding carboxylic acids is 1. The molecule has 0 unspecified atom stereocenters. The maximum Gasteiger partial charge on any atom is 0.326 e. The Morgan fingerprint density at radius 1 is 1.29 bits per heavy atom. The Hall–Kier alpha value is -1.06. The number of rotatable bonds is 5. The first-order chi connectivity index (χ1) is 5.93. The van der Waals surface area contributed by atoms with E-state index in [0.29, 0.717) is 0 Å². The summed E-state index contributed by atoms with van der Waals surface area (Å²) in [5, 5.41) is 18.9. The van der Waals surface area contributed by atoms with Gasteiger partial charge in [-0.1, -0.05) is 0 Å². The van der Waals surface area contributed by atoms with Crippen molar-refractivity contribution in [3.63, 3.8) is 0 Å². The quantitative estimate of drug-likeness (QED) is 0.514. The van der Waals surface area contributed by atoms with Gasteiger partial charge in [0.25, 0.3) is 0 Å². The highest BCUT2D eigenvalue weighted by Crippen LogP contribution is 1.97. The smallest absolute Gasteiger partial charge is 0.326 e. The van der Waals surface area contributed by atoms with Gasteiger partial charge in [0.1, 0.15) is 6.04 Å². The second kappa shape index (κ2) is 7.36. The predicted octanol–water partition coefficient (Wildman–Crippen LogP) is -0.940. The first-order valence-electron chi connectivity index (χ1n) is 3.65. The van der Waals surface area contributed by atoms with Crippen LogP contribution in [0.1, 0.15) is 19.8 Å². The van der Waals surface area contributed by atoms with Crippen molar-refractivity contribution >= 4 is 35.2 Å². The van der Waals surface area contributed by atoms with E-state index in [1.54, 1.807) is 0 Å². The lowest BCUT2D eigenvalue weighted by Crippen LogP contribution is -2.39. The molecule has 77 valence electrons. The minimum Gasteiger partial charge on any atom is -0.481 e. The molecule has 0 rings (SSSR count). The van der Waals surface area contributed by atoms with Gasteiger partial charge in [0.05, 0.1) is 0 Å². The summed E-state index contributed by atoms with van der Waals surface area (Å²) in [6.07, 6.45) is -0.387. The molecule has 0 saturated heterocycles. The van der Waals surface area contributed by atoms with Crippen molar-refractivity contribution in [1.82, 2.24) is 5.32 Å². The van der Waals surface area contributed by atoms with Crippen molar-refractivity contribution in [3.8, 4) is 0 Å². The number of hydrogen-bond donors (Lipinski definition) is 3. The highest BCUT2D eigenvalue weighted by molar-refractivity contribution is 5.82. The molecule has 0 heterocycles. The van der Waals surface area contributed by atoms with E-state index in [2.05, 4.69) is 5.32 Å². The second-order valence-electron chi connectivity index (χ2n) is 2.52. The van der Waals surface area contributed by atoms with Gasteiger partial charge in [0, 0.05) is 30.7 Å². The zero-order valence-corrected chi connectivity index (χ0v) is 8.84. The molecule has 0 aromatic carbocycles. The molecule has 0 aliphatic rings. The van der Waals surface area contributed by atoms with Gasteiger partial charge in [-0.3, -0.25) is 9.59 Å². The standard InChI is InChI=1S/C7H11NO5.Al/c1-4(9)8-5(7(12)13)2-3-6(10)11;/h5H,2-3H2,1H3,(H,8,9)(H,10,11)(H,12,13);/t5-;/m0./s1. The summed E-state index contributed by atoms with van der Waals surface area (Å²) in [5.74, 6) is -2.80. The third-order valence-electron chi connectivity index (χ3n) is 1.32. The van der Waals surface area contributed by atoms with Crippen LogP contribution in [0.15, 0.2) is 0 Å². The molecule has 6 nitrogen and oxygen atoms in total. The number of carboxylic acid groups (broad SMARTS) is 2. The number of amides is 1. The van der Waals surface area contributed by atoms with Crippen molar-refractivity contribution in [2.75, 3.05) is 0 Å². The topological polar surface area (TPSA) is 104 Å². The molecule has 3 N–H and O–H groups in total. The fraction of sp³-hybridized carbons (Fsp3) is 0.571. The van der Waals surface area contributed by atoms with E-state index in [1.165, 1.54) is 6.92 Å². The Balaban J connectivity index is 0. The fourth-order valence-electron chi connectivity index (χ4n) is 0.771. The average molecular weight is 216 g/mol. The third kappa shape index (κ3) is 7.58. The van der Waals surface area contributed by atoms with Crippen LogP contribution in [0.3, 0.4) is 0 Å². The highest BCUT2D eigenvalue weighted by atomic mass is 27.0. The summed E-state index contributed by atoms with van der Waals surface area (Å²) < 4.78 is 0. The van der Waals surface area contributed by atoms with Crippen LogP contribution in [0.4, 0.5) is 0 Å². The van der Waals surface area contributed by atoms with Crippen LogP contribution in [0, 0.1) is 0 Å². The monoisotopic (exact) mass is 216 g/mol. The van der Waals surface area contributed by atoms with Gasteiger partial charge in [0.2, 0.25) is 5.91 Å². The van der Waals surface area contributed by atoms with Gasteiger partial charge in [-0.2, -0.15) is 0 Å². The molecule has 0 aromatic heterocycles. The van der Waals surface area contributed by atoms with Gasteiger partial charge in [-0.15, -0.1) is 0 Å². The molecule has 0 fully saturated rings. The highest BCUT2D eigenvalue weighted by Gasteiger charge is 2.18. The summed E-state index contributed by atoms with van der Waals surface area (Å²) >= 11 is 0. The largest absolute Gasteiger partial charge is 0.481 e. The SMILES string of the molecule is CC(=O)N[C@@H](CCC(=O)O)C(=O)O.[Al]. The maximum absolute atomic E-state index is 10.5. The first-order valence-corrected chi connectivity index (χ1v) is 3.65. The molecule has 0 aromatic rings. The van der Waals surface area contributed by atoms with Gasteiger partial charge in [0.15, 0.2) is 0 Å². The Morgan fingerprint density at radius 2 is 1.79 bits per heavy atom. The first kappa shape index (κ1) is 15.4. The minimum atomic E-state index is -1.23. The summed E-state index contributed by atoms with van der Waals surface area (Å²) in [5.41, 5.74) is 0. The van der Waals surface area contributed by atoms with E-state index < -0.39 is 23.9 Å². The van der Waals surface area contributed by atoms with Crippen molar-refractivity contribution in [2.45, 2.75) is 25.8 Å². The molecule has 0 spiro atoms. The summed E-state index contributed by atoms with van der Waals surface area (Å²) in [6.45, 7) is 1.18. The van der Waals surface area contributed by atoms with E-state index in [9.17, 15) is 14.4 Å². The average Bonchev–Trinajstić information content (AvgIpc) is 1.96. The molecular formula is C7H11AlNO5. The van der Waals surface area contributed by atoms with Crippen molar-refractivity contribution in [2.24, 2.45) is 0 Å². The number of nitrogens with one attached hydrogen (secondary N) is 1. The summed E-state index contributed by atoms with van der Waals surface area (Å²) in [7, 11) is 0. The van der Waals surface area contributed by atoms with Gasteiger partial charge in [-0.25, -0.2) is 4.79 Å². The lowest BCUT2D eigenvalue weighted by Gasteiger charge is -2.10. The van der Waals surface area contributed by atoms with Crippen LogP contribution >= 0.6 is 0 Å². The molecule has 7 heteroatoms. The van der Waals surface area contributed by atoms with E-state index in [0.717, 1.165) is 0 Å². The van der Waals surface area contributed by atoms with E-state index in [1.807, 2.05) is 0 Å². The number of aliphatic carboxylic acids is 2. The lowest BCUT2D eigenvalue weighted by atomic mass is 10.1. The normalized spacial score (nSPS) is 10.9. The molecule has 3 radical (unpaired) electrons. The number of carbonyl (C=O) groups is 3. The summed E-state index contributed by atoms with van der Waals surface area (Å²) in [4.78, 5) is 31.0. The fourth-order valence-corrected chi connectivity index (χ4v) is 0.771. The Morgan fingerprint density at radius 3 is 2.07 bits per heavy atom. The number of hydrogen-bond acceptors (Lipinski definition) is 3. The van der Waals surface area contributed by atoms with Gasteiger partial charge >= 0.3 is 11.9 Å². The van der Waals surface area contributed by atoms with Gasteiger partial charge < -0.3 is 15.5 Å². The van der Waals surface area contributed by atoms with Crippen LogP contribution in [-0.4, -0.2) is 51.5 Å².